The molecule has 14 rings (SSSR count). The summed E-state index contributed by atoms with van der Waals surface area (Å²) in [6, 6.07) is 9.51. The van der Waals surface area contributed by atoms with Gasteiger partial charge in [-0.25, -0.2) is 0 Å². The van der Waals surface area contributed by atoms with Gasteiger partial charge in [0.05, 0.1) is 11.2 Å². The monoisotopic (exact) mass is 881 g/mol. The molecular formula is C51H73KN2O8. The maximum atomic E-state index is 11.8. The van der Waals surface area contributed by atoms with Gasteiger partial charge >= 0.3 is 51.4 Å². The number of piperidine rings is 2. The van der Waals surface area contributed by atoms with Gasteiger partial charge in [0, 0.05) is 70.9 Å². The summed E-state index contributed by atoms with van der Waals surface area (Å²) in [7, 11) is 8.28. The van der Waals surface area contributed by atoms with E-state index in [0.717, 1.165) is 102 Å². The van der Waals surface area contributed by atoms with Crippen LogP contribution in [0.1, 0.15) is 133 Å². The Labute approximate surface area is 412 Å². The predicted octanol–water partition coefficient (Wildman–Crippen LogP) is 4.21. The number of phenols is 1. The molecule has 336 valence electrons. The summed E-state index contributed by atoms with van der Waals surface area (Å²) in [6.07, 6.45) is 13.9. The summed E-state index contributed by atoms with van der Waals surface area (Å²) in [5.41, 5.74) is 4.53. The minimum absolute atomic E-state index is 0. The van der Waals surface area contributed by atoms with Crippen molar-refractivity contribution in [3.05, 3.63) is 52.1 Å². The van der Waals surface area contributed by atoms with Crippen LogP contribution in [-0.2, 0) is 33.1 Å². The van der Waals surface area contributed by atoms with Crippen molar-refractivity contribution in [2.24, 2.45) is 22.7 Å². The first kappa shape index (κ1) is 46.3. The Morgan fingerprint density at radius 1 is 0.694 bits per heavy atom. The number of nitrogens with zero attached hydrogens (tertiary/aromatic N) is 2. The molecule has 4 aliphatic heterocycles. The fourth-order valence-electron chi connectivity index (χ4n) is 18.3. The Hall–Kier alpha value is -0.804. The number of ether oxygens (including phenoxy) is 4. The van der Waals surface area contributed by atoms with Crippen molar-refractivity contribution < 1.29 is 91.1 Å². The molecule has 14 atom stereocenters. The molecule has 0 amide bonds. The van der Waals surface area contributed by atoms with Gasteiger partial charge in [-0.1, -0.05) is 44.9 Å². The van der Waals surface area contributed by atoms with Crippen molar-refractivity contribution in [2.75, 3.05) is 41.4 Å². The Bertz CT molecular complexity index is 1980. The van der Waals surface area contributed by atoms with E-state index in [2.05, 4.69) is 69.8 Å². The molecule has 4 spiro atoms. The van der Waals surface area contributed by atoms with Crippen molar-refractivity contribution in [1.29, 1.82) is 0 Å². The van der Waals surface area contributed by atoms with Gasteiger partial charge in [-0.15, -0.1) is 0 Å². The number of methoxy groups -OCH3 is 2. The van der Waals surface area contributed by atoms with Crippen molar-refractivity contribution in [3.8, 4) is 17.2 Å². The first-order chi connectivity index (χ1) is 28.5. The molecule has 8 bridgehead atoms. The molecule has 2 saturated heterocycles. The third-order valence-corrected chi connectivity index (χ3v) is 20.5. The van der Waals surface area contributed by atoms with Crippen LogP contribution in [0.3, 0.4) is 0 Å². The number of hydrogen-bond acceptors (Lipinski definition) is 10. The first-order valence-electron chi connectivity index (χ1n) is 23.8. The van der Waals surface area contributed by atoms with Crippen LogP contribution in [0.5, 0.6) is 17.2 Å². The summed E-state index contributed by atoms with van der Waals surface area (Å²) in [5, 5.41) is 34.2. The molecule has 0 radical (unpaired) electrons. The van der Waals surface area contributed by atoms with Crippen molar-refractivity contribution in [2.45, 2.75) is 182 Å². The molecule has 6 saturated carbocycles. The number of benzene rings is 2. The number of likely N-dealkylation sites (tertiary alicyclic amines) is 2. The minimum atomic E-state index is -0.798. The van der Waals surface area contributed by atoms with Crippen LogP contribution >= 0.6 is 0 Å². The average molecular weight is 881 g/mol. The SMILES string of the molecule is CCC[C@@](C)(O)C1C[C@@]23CC[C@]1(OC)[C@@H]1Oc4c(C)ccc5c4[C@@]12CCN(C)[C@@H]3C5.CCC[C@@](C)(O)C1C[C@@]23CC[C@]1(OC)[C@@H]1Oc4c(O)ccc5c4[C@@]12CCN(C)[C@@H]3C5.[K+].[OH-]. The maximum Gasteiger partial charge on any atom is 1.00 e. The average Bonchev–Trinajstić information content (AvgIpc) is 3.79. The number of aliphatic hydroxyl groups is 2. The Kier molecular flexibility index (Phi) is 11.1. The van der Waals surface area contributed by atoms with E-state index in [0.29, 0.717) is 17.8 Å². The molecule has 8 fully saturated rings. The van der Waals surface area contributed by atoms with Gasteiger partial charge in [-0.05, 0) is 148 Å². The quantitative estimate of drug-likeness (QED) is 0.332. The van der Waals surface area contributed by atoms with Crippen LogP contribution in [0.25, 0.3) is 0 Å². The molecule has 12 aliphatic rings. The van der Waals surface area contributed by atoms with Crippen LogP contribution in [0.15, 0.2) is 24.3 Å². The summed E-state index contributed by atoms with van der Waals surface area (Å²) in [6.45, 7) is 12.8. The number of fused-ring (bicyclic) bond motifs is 4. The zero-order valence-electron chi connectivity index (χ0n) is 39.4. The van der Waals surface area contributed by atoms with Crippen LogP contribution in [0.4, 0.5) is 0 Å². The molecular weight excluding hydrogens is 808 g/mol. The maximum absolute atomic E-state index is 11.8. The Morgan fingerprint density at radius 3 is 1.58 bits per heavy atom. The van der Waals surface area contributed by atoms with Crippen molar-refractivity contribution in [3.63, 3.8) is 0 Å². The number of aromatic hydroxyl groups is 1. The first-order valence-corrected chi connectivity index (χ1v) is 23.8. The van der Waals surface area contributed by atoms with Crippen LogP contribution in [0.2, 0.25) is 0 Å². The molecule has 11 heteroatoms. The number of rotatable bonds is 8. The molecule has 2 aromatic rings. The van der Waals surface area contributed by atoms with Crippen LogP contribution in [-0.4, -0.2) is 119 Å². The molecule has 62 heavy (non-hydrogen) atoms. The van der Waals surface area contributed by atoms with E-state index in [1.165, 1.54) is 34.2 Å². The second-order valence-electron chi connectivity index (χ2n) is 22.4. The van der Waals surface area contributed by atoms with E-state index in [9.17, 15) is 15.3 Å². The van der Waals surface area contributed by atoms with Crippen molar-refractivity contribution in [1.82, 2.24) is 9.80 Å². The van der Waals surface area contributed by atoms with E-state index in [4.69, 9.17) is 18.9 Å². The van der Waals surface area contributed by atoms with E-state index in [-0.39, 0.29) is 108 Å². The third-order valence-electron chi connectivity index (χ3n) is 20.5. The summed E-state index contributed by atoms with van der Waals surface area (Å²) >= 11 is 0. The Balaban J connectivity index is 0.000000153. The zero-order valence-corrected chi connectivity index (χ0v) is 42.5. The zero-order chi connectivity index (χ0) is 42.2. The number of likely N-dealkylation sites (N-methyl/N-ethyl adjacent to an activating group) is 2. The van der Waals surface area contributed by atoms with Crippen LogP contribution in [0, 0.1) is 29.6 Å². The van der Waals surface area contributed by atoms with Gasteiger partial charge in [0.25, 0.3) is 0 Å². The van der Waals surface area contributed by atoms with Gasteiger partial charge in [0.2, 0.25) is 0 Å². The summed E-state index contributed by atoms with van der Waals surface area (Å²) in [4.78, 5) is 5.19. The van der Waals surface area contributed by atoms with Crippen molar-refractivity contribution >= 4 is 0 Å². The van der Waals surface area contributed by atoms with E-state index in [1.807, 2.05) is 27.2 Å². The van der Waals surface area contributed by atoms with E-state index < -0.39 is 22.4 Å². The molecule has 8 aliphatic carbocycles. The second kappa shape index (κ2) is 14.8. The standard InChI is InChI=1S/C26H37NO3.C25H35NO4.K.H2O/c1-6-9-23(3,28)18-15-24-10-11-26(18,29-5)22-25(24)12-13-27(4)19(24)14-17-8-7-16(2)21(30-22)20(17)25;1-5-8-22(2,28)17-14-23-9-10-25(17,29-4)21-24(23)11-12-26(3)18(23)13-15-6-7-16(27)20(30-21)19(15)24;;/h7-8,18-19,22,28H,6,9-15H2,1-5H3;6-7,17-18,21,27-28H,5,8-14H2,1-4H3;;1H2/q;;+1;/p-1/t18?,19-,22-,23-,24-,25+,26-;17?,18-,21-,22-,23-,24+,25-;;/m11../s1. The summed E-state index contributed by atoms with van der Waals surface area (Å²) in [5.74, 6) is 2.22. The topological polar surface area (TPSA) is 134 Å². The van der Waals surface area contributed by atoms with Gasteiger partial charge in [0.15, 0.2) is 11.5 Å². The number of aryl methyl sites for hydroxylation is 1. The molecule has 4 N–H and O–H groups in total. The fraction of sp³-hybridized carbons (Fsp3) is 0.765. The molecule has 10 nitrogen and oxygen atoms in total. The smallest absolute Gasteiger partial charge is 0.870 e. The number of hydrogen-bond donors (Lipinski definition) is 3. The fourth-order valence-corrected chi connectivity index (χ4v) is 18.3. The molecule has 4 heterocycles. The van der Waals surface area contributed by atoms with Gasteiger partial charge in [-0.2, -0.15) is 0 Å². The van der Waals surface area contributed by atoms with Gasteiger partial charge < -0.3 is 49.5 Å². The second-order valence-corrected chi connectivity index (χ2v) is 22.4. The third kappa shape index (κ3) is 5.16. The molecule has 2 aromatic carbocycles. The normalized spacial score (nSPS) is 43.6. The van der Waals surface area contributed by atoms with E-state index >= 15 is 0 Å². The minimum Gasteiger partial charge on any atom is -0.870 e. The molecule has 0 aromatic heterocycles. The van der Waals surface area contributed by atoms with E-state index in [1.54, 1.807) is 0 Å². The Morgan fingerprint density at radius 2 is 1.13 bits per heavy atom. The predicted molar refractivity (Wildman–Crippen MR) is 233 cm³/mol. The summed E-state index contributed by atoms with van der Waals surface area (Å²) < 4.78 is 26.7. The van der Waals surface area contributed by atoms with Gasteiger partial charge in [-0.3, -0.25) is 0 Å². The largest absolute Gasteiger partial charge is 1.00 e. The van der Waals surface area contributed by atoms with Gasteiger partial charge in [0.1, 0.15) is 29.2 Å². The number of phenolic OH excluding ortho intramolecular Hbond substituents is 1. The molecule has 2 unspecified atom stereocenters. The van der Waals surface area contributed by atoms with Crippen LogP contribution < -0.4 is 60.9 Å².